The molecule has 1 N–H and O–H groups in total. The number of benzene rings is 1. The number of nitrogens with zero attached hydrogens (tertiary/aromatic N) is 2. The summed E-state index contributed by atoms with van der Waals surface area (Å²) in [6, 6.07) is 12.3. The van der Waals surface area contributed by atoms with Gasteiger partial charge in [-0.25, -0.2) is 0 Å². The second kappa shape index (κ2) is 9.14. The number of ether oxygens (including phenoxy) is 1. The molecule has 3 rings (SSSR count). The Hall–Kier alpha value is -3.19. The molecule has 1 unspecified atom stereocenters. The lowest BCUT2D eigenvalue weighted by molar-refractivity contribution is -0.143. The molecule has 28 heavy (non-hydrogen) atoms. The Morgan fingerprint density at radius 3 is 2.68 bits per heavy atom. The van der Waals surface area contributed by atoms with E-state index in [1.54, 1.807) is 67.2 Å². The number of likely N-dealkylation sites (N-methyl/N-ethyl adjacent to an activating group) is 1. The molecule has 0 aliphatic rings. The zero-order valence-corrected chi connectivity index (χ0v) is 16.5. The van der Waals surface area contributed by atoms with E-state index in [0.29, 0.717) is 23.6 Å². The molecular weight excluding hydrogens is 374 g/mol. The quantitative estimate of drug-likeness (QED) is 0.641. The molecule has 2 aromatic heterocycles. The average molecular weight is 395 g/mol. The van der Waals surface area contributed by atoms with Crippen molar-refractivity contribution < 1.29 is 14.3 Å². The van der Waals surface area contributed by atoms with Crippen LogP contribution >= 0.6 is 11.3 Å². The summed E-state index contributed by atoms with van der Waals surface area (Å²) in [7, 11) is 1.64. The average Bonchev–Trinajstić information content (AvgIpc) is 3.21. The van der Waals surface area contributed by atoms with Gasteiger partial charge in [0.2, 0.25) is 0 Å². The summed E-state index contributed by atoms with van der Waals surface area (Å²) in [6.45, 7) is 1.92. The van der Waals surface area contributed by atoms with Crippen molar-refractivity contribution in [2.45, 2.75) is 19.4 Å². The van der Waals surface area contributed by atoms with Crippen molar-refractivity contribution in [3.63, 3.8) is 0 Å². The third kappa shape index (κ3) is 5.17. The van der Waals surface area contributed by atoms with E-state index in [1.165, 1.54) is 4.90 Å². The zero-order valence-electron chi connectivity index (χ0n) is 15.7. The first-order valence-electron chi connectivity index (χ1n) is 8.80. The summed E-state index contributed by atoms with van der Waals surface area (Å²) in [5.41, 5.74) is 1.64. The number of pyridine rings is 1. The Morgan fingerprint density at radius 2 is 1.96 bits per heavy atom. The molecule has 2 heterocycles. The molecule has 144 valence electrons. The lowest BCUT2D eigenvalue weighted by Crippen LogP contribution is -2.42. The van der Waals surface area contributed by atoms with E-state index in [1.807, 2.05) is 23.8 Å². The van der Waals surface area contributed by atoms with Gasteiger partial charge in [0.25, 0.3) is 0 Å². The molecule has 0 bridgehead atoms. The standard InChI is InChI=1S/C21H21N3O3S/c1-15(12-16-8-11-28-14-16)24(2)21(26)20(25)23-17-4-3-5-19(13-17)27-18-6-9-22-10-7-18/h3-11,13-15H,12H2,1-2H3,(H,23,25). The number of rotatable bonds is 6. The first kappa shape index (κ1) is 19.6. The van der Waals surface area contributed by atoms with Crippen LogP contribution in [0.25, 0.3) is 0 Å². The van der Waals surface area contributed by atoms with Gasteiger partial charge in [-0.2, -0.15) is 11.3 Å². The van der Waals surface area contributed by atoms with E-state index < -0.39 is 11.8 Å². The predicted octanol–water partition coefficient (Wildman–Crippen LogP) is 3.96. The fourth-order valence-corrected chi connectivity index (χ4v) is 3.29. The number of hydrogen-bond donors (Lipinski definition) is 1. The minimum Gasteiger partial charge on any atom is -0.457 e. The molecular formula is C21H21N3O3S. The lowest BCUT2D eigenvalue weighted by atomic mass is 10.1. The van der Waals surface area contributed by atoms with Crippen LogP contribution in [0.15, 0.2) is 65.6 Å². The Balaban J connectivity index is 1.60. The van der Waals surface area contributed by atoms with Crippen LogP contribution in [0.5, 0.6) is 11.5 Å². The zero-order chi connectivity index (χ0) is 19.9. The highest BCUT2D eigenvalue weighted by Crippen LogP contribution is 2.23. The number of aromatic nitrogens is 1. The van der Waals surface area contributed by atoms with E-state index in [0.717, 1.165) is 5.56 Å². The summed E-state index contributed by atoms with van der Waals surface area (Å²) in [6.07, 6.45) is 3.97. The van der Waals surface area contributed by atoms with Crippen LogP contribution in [0.4, 0.5) is 5.69 Å². The van der Waals surface area contributed by atoms with E-state index in [4.69, 9.17) is 4.74 Å². The molecule has 0 radical (unpaired) electrons. The van der Waals surface area contributed by atoms with Gasteiger partial charge < -0.3 is 15.0 Å². The van der Waals surface area contributed by atoms with Gasteiger partial charge in [-0.15, -0.1) is 0 Å². The highest BCUT2D eigenvalue weighted by Gasteiger charge is 2.23. The molecule has 6 nitrogen and oxygen atoms in total. The Labute approximate surface area is 167 Å². The summed E-state index contributed by atoms with van der Waals surface area (Å²) in [4.78, 5) is 30.3. The Morgan fingerprint density at radius 1 is 1.18 bits per heavy atom. The summed E-state index contributed by atoms with van der Waals surface area (Å²) >= 11 is 1.61. The number of amides is 2. The van der Waals surface area contributed by atoms with Crippen molar-refractivity contribution in [1.82, 2.24) is 9.88 Å². The van der Waals surface area contributed by atoms with Gasteiger partial charge in [0.05, 0.1) is 0 Å². The molecule has 0 saturated carbocycles. The van der Waals surface area contributed by atoms with Crippen LogP contribution in [0.2, 0.25) is 0 Å². The molecule has 0 spiro atoms. The Kier molecular flexibility index (Phi) is 6.39. The predicted molar refractivity (Wildman–Crippen MR) is 110 cm³/mol. The van der Waals surface area contributed by atoms with Crippen LogP contribution in [0.1, 0.15) is 12.5 Å². The van der Waals surface area contributed by atoms with Crippen molar-refractivity contribution in [1.29, 1.82) is 0 Å². The number of thiophene rings is 1. The van der Waals surface area contributed by atoms with Crippen LogP contribution in [0.3, 0.4) is 0 Å². The third-order valence-electron chi connectivity index (χ3n) is 4.26. The number of carbonyl (C=O) groups is 2. The maximum Gasteiger partial charge on any atom is 0.313 e. The van der Waals surface area contributed by atoms with Gasteiger partial charge in [0.15, 0.2) is 0 Å². The van der Waals surface area contributed by atoms with Gasteiger partial charge >= 0.3 is 11.8 Å². The summed E-state index contributed by atoms with van der Waals surface area (Å²) in [5, 5.41) is 6.68. The van der Waals surface area contributed by atoms with E-state index >= 15 is 0 Å². The first-order valence-corrected chi connectivity index (χ1v) is 9.74. The number of carbonyl (C=O) groups excluding carboxylic acids is 2. The molecule has 3 aromatic rings. The van der Waals surface area contributed by atoms with Gasteiger partial charge in [-0.3, -0.25) is 14.6 Å². The van der Waals surface area contributed by atoms with E-state index in [2.05, 4.69) is 10.3 Å². The van der Waals surface area contributed by atoms with Gasteiger partial charge in [0.1, 0.15) is 11.5 Å². The molecule has 0 saturated heterocycles. The van der Waals surface area contributed by atoms with E-state index in [9.17, 15) is 9.59 Å². The van der Waals surface area contributed by atoms with Crippen molar-refractivity contribution in [3.05, 3.63) is 71.2 Å². The smallest absolute Gasteiger partial charge is 0.313 e. The molecule has 1 atom stereocenters. The van der Waals surface area contributed by atoms with E-state index in [-0.39, 0.29) is 6.04 Å². The van der Waals surface area contributed by atoms with Gasteiger partial charge in [0, 0.05) is 37.2 Å². The number of anilines is 1. The van der Waals surface area contributed by atoms with Crippen molar-refractivity contribution in [2.75, 3.05) is 12.4 Å². The molecule has 1 aromatic carbocycles. The van der Waals surface area contributed by atoms with Crippen LogP contribution < -0.4 is 10.1 Å². The van der Waals surface area contributed by atoms with Crippen LogP contribution in [0, 0.1) is 0 Å². The number of hydrogen-bond acceptors (Lipinski definition) is 5. The normalized spacial score (nSPS) is 11.5. The maximum absolute atomic E-state index is 12.5. The summed E-state index contributed by atoms with van der Waals surface area (Å²) in [5.74, 6) is -0.0731. The third-order valence-corrected chi connectivity index (χ3v) is 5.00. The first-order chi connectivity index (χ1) is 13.5. The van der Waals surface area contributed by atoms with Crippen LogP contribution in [-0.4, -0.2) is 34.8 Å². The Bertz CT molecular complexity index is 929. The minimum atomic E-state index is -0.680. The fourth-order valence-electron chi connectivity index (χ4n) is 2.61. The van der Waals surface area contributed by atoms with Gasteiger partial charge in [-0.1, -0.05) is 6.07 Å². The van der Waals surface area contributed by atoms with Gasteiger partial charge in [-0.05, 0) is 60.0 Å². The molecule has 7 heteroatoms. The fraction of sp³-hybridized carbons (Fsp3) is 0.190. The van der Waals surface area contributed by atoms with Crippen molar-refractivity contribution >= 4 is 28.8 Å². The monoisotopic (exact) mass is 395 g/mol. The van der Waals surface area contributed by atoms with Crippen LogP contribution in [-0.2, 0) is 16.0 Å². The van der Waals surface area contributed by atoms with Crippen molar-refractivity contribution in [2.24, 2.45) is 0 Å². The number of nitrogens with one attached hydrogen (secondary N) is 1. The highest BCUT2D eigenvalue weighted by molar-refractivity contribution is 7.07. The maximum atomic E-state index is 12.5. The second-order valence-electron chi connectivity index (χ2n) is 6.37. The topological polar surface area (TPSA) is 71.5 Å². The largest absolute Gasteiger partial charge is 0.457 e. The van der Waals surface area contributed by atoms with Crippen molar-refractivity contribution in [3.8, 4) is 11.5 Å². The molecule has 2 amide bonds. The lowest BCUT2D eigenvalue weighted by Gasteiger charge is -2.24. The molecule has 0 aliphatic carbocycles. The SMILES string of the molecule is CC(Cc1ccsc1)N(C)C(=O)C(=O)Nc1cccc(Oc2ccncc2)c1. The second-order valence-corrected chi connectivity index (χ2v) is 7.15. The highest BCUT2D eigenvalue weighted by atomic mass is 32.1. The molecule has 0 fully saturated rings. The summed E-state index contributed by atoms with van der Waals surface area (Å²) < 4.78 is 5.72. The minimum absolute atomic E-state index is 0.0887. The molecule has 0 aliphatic heterocycles.